The van der Waals surface area contributed by atoms with Crippen molar-refractivity contribution in [2.75, 3.05) is 45.7 Å². The Morgan fingerprint density at radius 3 is 2.00 bits per heavy atom. The monoisotopic (exact) mass is 426 g/mol. The van der Waals surface area contributed by atoms with Crippen molar-refractivity contribution in [3.8, 4) is 11.5 Å². The highest BCUT2D eigenvalue weighted by Crippen LogP contribution is 2.22. The zero-order valence-corrected chi connectivity index (χ0v) is 18.4. The number of quaternary nitrogens is 2. The quantitative estimate of drug-likeness (QED) is 0.510. The fourth-order valence-corrected chi connectivity index (χ4v) is 4.57. The molecule has 1 saturated heterocycles. The average Bonchev–Trinajstić information content (AvgIpc) is 3.23. The highest BCUT2D eigenvalue weighted by Gasteiger charge is 2.24. The number of thiazole rings is 1. The van der Waals surface area contributed by atoms with Gasteiger partial charge in [0.25, 0.3) is 0 Å². The highest BCUT2D eigenvalue weighted by atomic mass is 32.1. The first-order valence-corrected chi connectivity index (χ1v) is 11.3. The lowest BCUT2D eigenvalue weighted by Crippen LogP contribution is -3.27. The van der Waals surface area contributed by atoms with Crippen LogP contribution in [-0.4, -0.2) is 45.4 Å². The number of methoxy groups -OCH3 is 2. The molecule has 3 aromatic rings. The van der Waals surface area contributed by atoms with Crippen molar-refractivity contribution in [3.05, 3.63) is 65.2 Å². The summed E-state index contributed by atoms with van der Waals surface area (Å²) in [5, 5.41) is 6.50. The second-order valence-corrected chi connectivity index (χ2v) is 8.56. The molecule has 0 saturated carbocycles. The van der Waals surface area contributed by atoms with E-state index in [-0.39, 0.29) is 0 Å². The van der Waals surface area contributed by atoms with Crippen LogP contribution in [0.4, 0.5) is 10.8 Å². The second kappa shape index (κ2) is 9.93. The smallest absolute Gasteiger partial charge is 0.187 e. The van der Waals surface area contributed by atoms with Gasteiger partial charge < -0.3 is 24.6 Å². The van der Waals surface area contributed by atoms with E-state index in [2.05, 4.69) is 35.0 Å². The van der Waals surface area contributed by atoms with E-state index in [1.807, 2.05) is 24.3 Å². The molecule has 6 nitrogen and oxygen atoms in total. The Hall–Kier alpha value is -2.61. The number of rotatable bonds is 8. The van der Waals surface area contributed by atoms with Gasteiger partial charge in [-0.25, -0.2) is 4.98 Å². The third kappa shape index (κ3) is 5.50. The van der Waals surface area contributed by atoms with E-state index in [4.69, 9.17) is 14.5 Å². The molecule has 0 radical (unpaired) electrons. The van der Waals surface area contributed by atoms with E-state index in [1.165, 1.54) is 37.4 Å². The van der Waals surface area contributed by atoms with Crippen LogP contribution in [0.3, 0.4) is 0 Å². The molecule has 0 unspecified atom stereocenters. The summed E-state index contributed by atoms with van der Waals surface area (Å²) in [6.07, 6.45) is 0. The average molecular weight is 427 g/mol. The van der Waals surface area contributed by atoms with E-state index in [0.717, 1.165) is 35.4 Å². The fraction of sp³-hybridized carbons (Fsp3) is 0.348. The van der Waals surface area contributed by atoms with Gasteiger partial charge in [0.05, 0.1) is 14.2 Å². The highest BCUT2D eigenvalue weighted by molar-refractivity contribution is 7.13. The van der Waals surface area contributed by atoms with Crippen molar-refractivity contribution in [1.82, 2.24) is 4.98 Å². The van der Waals surface area contributed by atoms with Gasteiger partial charge in [-0.3, -0.25) is 0 Å². The predicted octanol–water partition coefficient (Wildman–Crippen LogP) is 1.39. The van der Waals surface area contributed by atoms with Gasteiger partial charge in [-0.2, -0.15) is 0 Å². The largest absolute Gasteiger partial charge is 0.497 e. The Balaban J connectivity index is 1.23. The molecule has 1 aromatic heterocycles. The molecule has 0 amide bonds. The minimum atomic E-state index is 0.859. The SMILES string of the molecule is COc1ccc(C[NH+]2CC[NH+](Cc3csc(Nc4ccc(OC)cc4)n3)CC2)cc1. The Morgan fingerprint density at radius 2 is 1.40 bits per heavy atom. The van der Waals surface area contributed by atoms with Crippen molar-refractivity contribution < 1.29 is 19.3 Å². The molecule has 1 aliphatic heterocycles. The molecular formula is C23H30N4O2S+2. The van der Waals surface area contributed by atoms with Crippen molar-refractivity contribution in [2.45, 2.75) is 13.1 Å². The molecular weight excluding hydrogens is 396 g/mol. The van der Waals surface area contributed by atoms with Gasteiger partial charge in [-0.05, 0) is 48.5 Å². The summed E-state index contributed by atoms with van der Waals surface area (Å²) in [6.45, 7) is 6.85. The summed E-state index contributed by atoms with van der Waals surface area (Å²) in [6, 6.07) is 16.4. The third-order valence-corrected chi connectivity index (χ3v) is 6.41. The van der Waals surface area contributed by atoms with Crippen LogP contribution in [0.5, 0.6) is 11.5 Å². The lowest BCUT2D eigenvalue weighted by molar-refractivity contribution is -1.02. The number of hydrogen-bond acceptors (Lipinski definition) is 5. The molecule has 3 N–H and O–H groups in total. The Labute approximate surface area is 182 Å². The molecule has 1 fully saturated rings. The summed E-state index contributed by atoms with van der Waals surface area (Å²) in [7, 11) is 3.39. The van der Waals surface area contributed by atoms with Gasteiger partial charge in [-0.15, -0.1) is 11.3 Å². The summed E-state index contributed by atoms with van der Waals surface area (Å²) >= 11 is 1.67. The van der Waals surface area contributed by atoms with E-state index >= 15 is 0 Å². The van der Waals surface area contributed by atoms with Crippen LogP contribution in [0, 0.1) is 0 Å². The first kappa shape index (κ1) is 20.7. The number of hydrogen-bond donors (Lipinski definition) is 3. The van der Waals surface area contributed by atoms with Crippen LogP contribution in [-0.2, 0) is 13.1 Å². The summed E-state index contributed by atoms with van der Waals surface area (Å²) < 4.78 is 10.5. The maximum absolute atomic E-state index is 5.25. The Kier molecular flexibility index (Phi) is 6.84. The van der Waals surface area contributed by atoms with Crippen molar-refractivity contribution in [3.63, 3.8) is 0 Å². The fourth-order valence-electron chi connectivity index (χ4n) is 3.84. The van der Waals surface area contributed by atoms with Crippen LogP contribution >= 0.6 is 11.3 Å². The van der Waals surface area contributed by atoms with Gasteiger partial charge in [-0.1, -0.05) is 0 Å². The number of aromatic nitrogens is 1. The molecule has 158 valence electrons. The van der Waals surface area contributed by atoms with Crippen molar-refractivity contribution >= 4 is 22.2 Å². The van der Waals surface area contributed by atoms with Gasteiger partial charge in [0.15, 0.2) is 5.13 Å². The number of piperazine rings is 1. The molecule has 0 spiro atoms. The van der Waals surface area contributed by atoms with Crippen LogP contribution < -0.4 is 24.6 Å². The molecule has 2 aromatic carbocycles. The topological polar surface area (TPSA) is 52.3 Å². The standard InChI is InChI=1S/C23H28N4O2S/c1-28-21-7-3-18(4-8-21)15-26-11-13-27(14-12-26)16-20-17-30-23(25-20)24-19-5-9-22(29-2)10-6-19/h3-10,17H,11-16H2,1-2H3,(H,24,25)/p+2. The first-order chi connectivity index (χ1) is 14.7. The maximum atomic E-state index is 5.25. The van der Waals surface area contributed by atoms with Gasteiger partial charge in [0, 0.05) is 16.6 Å². The van der Waals surface area contributed by atoms with E-state index in [9.17, 15) is 0 Å². The molecule has 4 rings (SSSR count). The predicted molar refractivity (Wildman–Crippen MR) is 120 cm³/mol. The molecule has 30 heavy (non-hydrogen) atoms. The number of anilines is 2. The third-order valence-electron chi connectivity index (χ3n) is 5.60. The molecule has 0 bridgehead atoms. The van der Waals surface area contributed by atoms with Crippen molar-refractivity contribution in [2.24, 2.45) is 0 Å². The lowest BCUT2D eigenvalue weighted by Gasteiger charge is -2.29. The van der Waals surface area contributed by atoms with Crippen molar-refractivity contribution in [1.29, 1.82) is 0 Å². The minimum Gasteiger partial charge on any atom is -0.497 e. The molecule has 0 aliphatic carbocycles. The van der Waals surface area contributed by atoms with Crippen LogP contribution in [0.15, 0.2) is 53.9 Å². The number of benzene rings is 2. The maximum Gasteiger partial charge on any atom is 0.187 e. The second-order valence-electron chi connectivity index (χ2n) is 7.70. The Morgan fingerprint density at radius 1 is 0.833 bits per heavy atom. The van der Waals surface area contributed by atoms with E-state index < -0.39 is 0 Å². The van der Waals surface area contributed by atoms with Crippen LogP contribution in [0.1, 0.15) is 11.3 Å². The number of nitrogens with one attached hydrogen (secondary N) is 3. The molecule has 0 atom stereocenters. The van der Waals surface area contributed by atoms with Crippen LogP contribution in [0.2, 0.25) is 0 Å². The molecule has 7 heteroatoms. The Bertz CT molecular complexity index is 919. The molecule has 1 aliphatic rings. The van der Waals surface area contributed by atoms with Gasteiger partial charge in [0.1, 0.15) is 56.5 Å². The summed E-state index contributed by atoms with van der Waals surface area (Å²) in [5.41, 5.74) is 3.58. The first-order valence-electron chi connectivity index (χ1n) is 10.4. The van der Waals surface area contributed by atoms with Gasteiger partial charge in [0.2, 0.25) is 0 Å². The minimum absolute atomic E-state index is 0.859. The lowest BCUT2D eigenvalue weighted by atomic mass is 10.2. The zero-order valence-electron chi connectivity index (χ0n) is 17.6. The van der Waals surface area contributed by atoms with Gasteiger partial charge >= 0.3 is 0 Å². The zero-order chi connectivity index (χ0) is 20.8. The number of nitrogens with zero attached hydrogens (tertiary/aromatic N) is 1. The van der Waals surface area contributed by atoms with Crippen LogP contribution in [0.25, 0.3) is 0 Å². The molecule has 2 heterocycles. The normalized spacial score (nSPS) is 18.7. The van der Waals surface area contributed by atoms with E-state index in [1.54, 1.807) is 35.4 Å². The summed E-state index contributed by atoms with van der Waals surface area (Å²) in [4.78, 5) is 8.06. The summed E-state index contributed by atoms with van der Waals surface area (Å²) in [5.74, 6) is 1.78. The van der Waals surface area contributed by atoms with E-state index in [0.29, 0.717) is 0 Å². The number of ether oxygens (including phenoxy) is 2.